The van der Waals surface area contributed by atoms with Gasteiger partial charge in [0.15, 0.2) is 0 Å². The molecular weight excluding hydrogens is 216 g/mol. The molecule has 1 aliphatic carbocycles. The third-order valence-corrected chi connectivity index (χ3v) is 4.15. The standard InChI is InChI=1S/C13H24N2O2/c1-9-5-3-2-4-6-12(9)15-13(16)10-7-17-8-11(10)14/h9-12H,2-8,14H2,1H3,(H,15,16). The van der Waals surface area contributed by atoms with Gasteiger partial charge in [-0.3, -0.25) is 4.79 Å². The summed E-state index contributed by atoms with van der Waals surface area (Å²) in [6.07, 6.45) is 6.14. The van der Waals surface area contributed by atoms with Crippen LogP contribution in [0.15, 0.2) is 0 Å². The molecule has 0 aromatic heterocycles. The van der Waals surface area contributed by atoms with E-state index in [9.17, 15) is 4.79 Å². The smallest absolute Gasteiger partial charge is 0.227 e. The van der Waals surface area contributed by atoms with Crippen molar-refractivity contribution in [3.05, 3.63) is 0 Å². The van der Waals surface area contributed by atoms with E-state index in [0.717, 1.165) is 6.42 Å². The molecule has 0 aromatic rings. The van der Waals surface area contributed by atoms with E-state index in [2.05, 4.69) is 12.2 Å². The fourth-order valence-corrected chi connectivity index (χ4v) is 2.84. The fourth-order valence-electron chi connectivity index (χ4n) is 2.84. The highest BCUT2D eigenvalue weighted by Gasteiger charge is 2.33. The number of carbonyl (C=O) groups is 1. The Hall–Kier alpha value is -0.610. The summed E-state index contributed by atoms with van der Waals surface area (Å²) in [4.78, 5) is 12.1. The molecule has 1 amide bonds. The molecule has 98 valence electrons. The minimum absolute atomic E-state index is 0.0914. The van der Waals surface area contributed by atoms with E-state index in [-0.39, 0.29) is 17.9 Å². The van der Waals surface area contributed by atoms with Crippen molar-refractivity contribution in [3.63, 3.8) is 0 Å². The van der Waals surface area contributed by atoms with E-state index < -0.39 is 0 Å². The van der Waals surface area contributed by atoms with Gasteiger partial charge in [0, 0.05) is 12.1 Å². The molecule has 0 bridgehead atoms. The number of nitrogens with two attached hydrogens (primary N) is 1. The summed E-state index contributed by atoms with van der Waals surface area (Å²) in [5.74, 6) is 0.527. The molecule has 2 rings (SSSR count). The molecule has 3 N–H and O–H groups in total. The highest BCUT2D eigenvalue weighted by molar-refractivity contribution is 5.80. The van der Waals surface area contributed by atoms with Crippen LogP contribution in [0.1, 0.15) is 39.0 Å². The Morgan fingerprint density at radius 1 is 1.24 bits per heavy atom. The molecule has 1 saturated heterocycles. The largest absolute Gasteiger partial charge is 0.379 e. The van der Waals surface area contributed by atoms with Crippen LogP contribution in [0.4, 0.5) is 0 Å². The second-order valence-electron chi connectivity index (χ2n) is 5.54. The average molecular weight is 240 g/mol. The highest BCUT2D eigenvalue weighted by atomic mass is 16.5. The maximum absolute atomic E-state index is 12.1. The summed E-state index contributed by atoms with van der Waals surface area (Å²) in [5, 5.41) is 3.18. The minimum Gasteiger partial charge on any atom is -0.379 e. The van der Waals surface area contributed by atoms with Gasteiger partial charge in [0.05, 0.1) is 19.1 Å². The van der Waals surface area contributed by atoms with Gasteiger partial charge < -0.3 is 15.8 Å². The third kappa shape index (κ3) is 3.19. The van der Waals surface area contributed by atoms with Crippen molar-refractivity contribution >= 4 is 5.91 Å². The number of hydrogen-bond acceptors (Lipinski definition) is 3. The van der Waals surface area contributed by atoms with Crippen molar-refractivity contribution in [2.75, 3.05) is 13.2 Å². The normalized spacial score (nSPS) is 38.7. The Balaban J connectivity index is 1.88. The van der Waals surface area contributed by atoms with Crippen LogP contribution < -0.4 is 11.1 Å². The van der Waals surface area contributed by atoms with Crippen LogP contribution in [0.3, 0.4) is 0 Å². The number of hydrogen-bond donors (Lipinski definition) is 2. The summed E-state index contributed by atoms with van der Waals surface area (Å²) in [6, 6.07) is 0.203. The zero-order chi connectivity index (χ0) is 12.3. The summed E-state index contributed by atoms with van der Waals surface area (Å²) in [6.45, 7) is 3.23. The van der Waals surface area contributed by atoms with Crippen LogP contribution in [-0.2, 0) is 9.53 Å². The van der Waals surface area contributed by atoms with Crippen LogP contribution in [0.2, 0.25) is 0 Å². The first kappa shape index (κ1) is 12.8. The predicted molar refractivity (Wildman–Crippen MR) is 66.5 cm³/mol. The van der Waals surface area contributed by atoms with E-state index in [0.29, 0.717) is 25.2 Å². The lowest BCUT2D eigenvalue weighted by Gasteiger charge is -2.25. The summed E-state index contributed by atoms with van der Waals surface area (Å²) in [7, 11) is 0. The molecule has 4 heteroatoms. The average Bonchev–Trinajstić information content (AvgIpc) is 2.63. The topological polar surface area (TPSA) is 64.3 Å². The molecular formula is C13H24N2O2. The molecule has 4 atom stereocenters. The lowest BCUT2D eigenvalue weighted by atomic mass is 9.95. The Kier molecular flexibility index (Phi) is 4.40. The molecule has 1 heterocycles. The first-order valence-corrected chi connectivity index (χ1v) is 6.82. The van der Waals surface area contributed by atoms with Gasteiger partial charge in [0.1, 0.15) is 0 Å². The van der Waals surface area contributed by atoms with Crippen LogP contribution in [0.25, 0.3) is 0 Å². The fraction of sp³-hybridized carbons (Fsp3) is 0.923. The van der Waals surface area contributed by atoms with Gasteiger partial charge >= 0.3 is 0 Å². The van der Waals surface area contributed by atoms with Crippen LogP contribution >= 0.6 is 0 Å². The first-order chi connectivity index (χ1) is 8.18. The summed E-state index contributed by atoms with van der Waals surface area (Å²) in [5.41, 5.74) is 5.86. The Bertz CT molecular complexity index is 270. The van der Waals surface area contributed by atoms with E-state index in [1.807, 2.05) is 0 Å². The molecule has 4 unspecified atom stereocenters. The molecule has 0 radical (unpaired) electrons. The molecule has 4 nitrogen and oxygen atoms in total. The number of carbonyl (C=O) groups excluding carboxylic acids is 1. The minimum atomic E-state index is -0.148. The van der Waals surface area contributed by atoms with Crippen LogP contribution in [0, 0.1) is 11.8 Å². The van der Waals surface area contributed by atoms with Crippen molar-refractivity contribution in [1.29, 1.82) is 0 Å². The molecule has 0 spiro atoms. The molecule has 2 aliphatic rings. The van der Waals surface area contributed by atoms with E-state index in [4.69, 9.17) is 10.5 Å². The van der Waals surface area contributed by atoms with Gasteiger partial charge in [0.25, 0.3) is 0 Å². The number of amides is 1. The van der Waals surface area contributed by atoms with E-state index in [1.165, 1.54) is 25.7 Å². The van der Waals surface area contributed by atoms with Gasteiger partial charge in [-0.2, -0.15) is 0 Å². The highest BCUT2D eigenvalue weighted by Crippen LogP contribution is 2.23. The molecule has 1 aliphatic heterocycles. The molecule has 2 fully saturated rings. The first-order valence-electron chi connectivity index (χ1n) is 6.82. The maximum Gasteiger partial charge on any atom is 0.227 e. The van der Waals surface area contributed by atoms with E-state index in [1.54, 1.807) is 0 Å². The van der Waals surface area contributed by atoms with Crippen molar-refractivity contribution in [3.8, 4) is 0 Å². The number of rotatable bonds is 2. The van der Waals surface area contributed by atoms with E-state index >= 15 is 0 Å². The van der Waals surface area contributed by atoms with Gasteiger partial charge in [-0.15, -0.1) is 0 Å². The van der Waals surface area contributed by atoms with Gasteiger partial charge in [0.2, 0.25) is 5.91 Å². The summed E-state index contributed by atoms with van der Waals surface area (Å²) >= 11 is 0. The third-order valence-electron chi connectivity index (χ3n) is 4.15. The van der Waals surface area contributed by atoms with Crippen molar-refractivity contribution in [1.82, 2.24) is 5.32 Å². The predicted octanol–water partition coefficient (Wildman–Crippen LogP) is 1.05. The second-order valence-corrected chi connectivity index (χ2v) is 5.54. The second kappa shape index (κ2) is 5.83. The quantitative estimate of drug-likeness (QED) is 0.709. The van der Waals surface area contributed by atoms with Crippen LogP contribution in [-0.4, -0.2) is 31.2 Å². The SMILES string of the molecule is CC1CCCCCC1NC(=O)C1COCC1N. The Morgan fingerprint density at radius 3 is 2.71 bits per heavy atom. The maximum atomic E-state index is 12.1. The van der Waals surface area contributed by atoms with Gasteiger partial charge in [-0.05, 0) is 18.8 Å². The Morgan fingerprint density at radius 2 is 2.00 bits per heavy atom. The number of nitrogens with one attached hydrogen (secondary N) is 1. The van der Waals surface area contributed by atoms with Crippen LogP contribution in [0.5, 0.6) is 0 Å². The molecule has 0 aromatic carbocycles. The monoisotopic (exact) mass is 240 g/mol. The van der Waals surface area contributed by atoms with Crippen molar-refractivity contribution in [2.45, 2.75) is 51.1 Å². The zero-order valence-electron chi connectivity index (χ0n) is 10.7. The lowest BCUT2D eigenvalue weighted by molar-refractivity contribution is -0.126. The number of ether oxygens (including phenoxy) is 1. The van der Waals surface area contributed by atoms with Gasteiger partial charge in [-0.25, -0.2) is 0 Å². The summed E-state index contributed by atoms with van der Waals surface area (Å²) < 4.78 is 5.25. The molecule has 17 heavy (non-hydrogen) atoms. The Labute approximate surface area is 103 Å². The van der Waals surface area contributed by atoms with Crippen molar-refractivity contribution in [2.24, 2.45) is 17.6 Å². The lowest BCUT2D eigenvalue weighted by Crippen LogP contribution is -2.46. The molecule has 1 saturated carbocycles. The van der Waals surface area contributed by atoms with Crippen molar-refractivity contribution < 1.29 is 9.53 Å². The zero-order valence-corrected chi connectivity index (χ0v) is 10.7. The van der Waals surface area contributed by atoms with Gasteiger partial charge in [-0.1, -0.05) is 26.2 Å².